The van der Waals surface area contributed by atoms with Crippen LogP contribution in [0.4, 0.5) is 0 Å². The Morgan fingerprint density at radius 3 is 2.57 bits per heavy atom. The summed E-state index contributed by atoms with van der Waals surface area (Å²) in [5.41, 5.74) is 0. The van der Waals surface area contributed by atoms with Crippen molar-refractivity contribution in [3.05, 3.63) is 22.4 Å². The third-order valence-electron chi connectivity index (χ3n) is 6.50. The van der Waals surface area contributed by atoms with E-state index in [-0.39, 0.29) is 0 Å². The Labute approximate surface area is 175 Å². The first-order chi connectivity index (χ1) is 13.7. The van der Waals surface area contributed by atoms with E-state index in [0.717, 1.165) is 30.9 Å². The maximum Gasteiger partial charge on any atom is 0.191 e. The van der Waals surface area contributed by atoms with Crippen LogP contribution in [0.15, 0.2) is 22.5 Å². The van der Waals surface area contributed by atoms with Gasteiger partial charge < -0.3 is 15.5 Å². The van der Waals surface area contributed by atoms with Crippen molar-refractivity contribution in [1.29, 1.82) is 0 Å². The SMILES string of the molecule is CN=C(NCCC1CCN(C)CC1)NCC(c1cccs1)N1CCC(C)CC1. The van der Waals surface area contributed by atoms with E-state index < -0.39 is 0 Å². The van der Waals surface area contributed by atoms with Crippen molar-refractivity contribution in [3.63, 3.8) is 0 Å². The van der Waals surface area contributed by atoms with Crippen molar-refractivity contribution >= 4 is 17.3 Å². The molecule has 0 bridgehead atoms. The summed E-state index contributed by atoms with van der Waals surface area (Å²) >= 11 is 1.88. The fraction of sp³-hybridized carbons (Fsp3) is 0.773. The van der Waals surface area contributed by atoms with Crippen molar-refractivity contribution in [3.8, 4) is 0 Å². The molecule has 0 radical (unpaired) electrons. The van der Waals surface area contributed by atoms with E-state index in [9.17, 15) is 0 Å². The van der Waals surface area contributed by atoms with Gasteiger partial charge in [0, 0.05) is 25.0 Å². The molecule has 28 heavy (non-hydrogen) atoms. The number of aliphatic imine (C=N–C) groups is 1. The molecule has 2 aliphatic heterocycles. The second-order valence-corrected chi connectivity index (χ2v) is 9.64. The molecule has 1 aromatic rings. The maximum atomic E-state index is 4.46. The number of thiophene rings is 1. The van der Waals surface area contributed by atoms with Crippen LogP contribution in [-0.2, 0) is 0 Å². The normalized spacial score (nSPS) is 22.3. The third kappa shape index (κ3) is 6.46. The van der Waals surface area contributed by atoms with Gasteiger partial charge in [-0.3, -0.25) is 9.89 Å². The van der Waals surface area contributed by atoms with Gasteiger partial charge in [0.2, 0.25) is 0 Å². The molecule has 1 aromatic heterocycles. The molecule has 3 heterocycles. The Morgan fingerprint density at radius 1 is 1.18 bits per heavy atom. The van der Waals surface area contributed by atoms with Crippen molar-refractivity contribution in [2.45, 2.75) is 45.1 Å². The lowest BCUT2D eigenvalue weighted by atomic mass is 9.94. The van der Waals surface area contributed by atoms with Gasteiger partial charge in [0.1, 0.15) is 0 Å². The van der Waals surface area contributed by atoms with E-state index in [1.54, 1.807) is 0 Å². The molecule has 0 saturated carbocycles. The van der Waals surface area contributed by atoms with Crippen LogP contribution in [0.2, 0.25) is 0 Å². The van der Waals surface area contributed by atoms with Gasteiger partial charge in [-0.15, -0.1) is 11.3 Å². The summed E-state index contributed by atoms with van der Waals surface area (Å²) in [6, 6.07) is 4.90. The second kappa shape index (κ2) is 11.2. The van der Waals surface area contributed by atoms with Gasteiger partial charge in [-0.25, -0.2) is 0 Å². The lowest BCUT2D eigenvalue weighted by Crippen LogP contribution is -2.45. The molecule has 2 saturated heterocycles. The lowest BCUT2D eigenvalue weighted by Gasteiger charge is -2.36. The van der Waals surface area contributed by atoms with Gasteiger partial charge in [-0.2, -0.15) is 0 Å². The zero-order valence-corrected chi connectivity index (χ0v) is 18.8. The van der Waals surface area contributed by atoms with Gasteiger partial charge in [0.15, 0.2) is 5.96 Å². The lowest BCUT2D eigenvalue weighted by molar-refractivity contribution is 0.140. The molecule has 0 spiro atoms. The van der Waals surface area contributed by atoms with Crippen molar-refractivity contribution < 1.29 is 0 Å². The fourth-order valence-electron chi connectivity index (χ4n) is 4.39. The number of rotatable bonds is 7. The van der Waals surface area contributed by atoms with Crippen LogP contribution in [-0.4, -0.2) is 69.1 Å². The van der Waals surface area contributed by atoms with Crippen LogP contribution in [0.5, 0.6) is 0 Å². The molecule has 5 nitrogen and oxygen atoms in total. The molecular weight excluding hydrogens is 366 g/mol. The van der Waals surface area contributed by atoms with E-state index in [0.29, 0.717) is 6.04 Å². The molecule has 158 valence electrons. The highest BCUT2D eigenvalue weighted by Crippen LogP contribution is 2.29. The first-order valence-corrected chi connectivity index (χ1v) is 11.9. The predicted octanol–water partition coefficient (Wildman–Crippen LogP) is 3.42. The van der Waals surface area contributed by atoms with Crippen LogP contribution in [0, 0.1) is 11.8 Å². The van der Waals surface area contributed by atoms with Crippen LogP contribution in [0.1, 0.15) is 49.9 Å². The monoisotopic (exact) mass is 405 g/mol. The Kier molecular flexibility index (Phi) is 8.62. The Balaban J connectivity index is 1.46. The summed E-state index contributed by atoms with van der Waals surface area (Å²) in [6.45, 7) is 9.21. The van der Waals surface area contributed by atoms with Crippen LogP contribution in [0.25, 0.3) is 0 Å². The molecule has 1 unspecified atom stereocenters. The van der Waals surface area contributed by atoms with Crippen molar-refractivity contribution in [2.75, 3.05) is 53.4 Å². The Bertz CT molecular complexity index is 572. The maximum absolute atomic E-state index is 4.46. The quantitative estimate of drug-likeness (QED) is 0.539. The molecule has 0 aromatic carbocycles. The highest BCUT2D eigenvalue weighted by Gasteiger charge is 2.25. The molecule has 0 aliphatic carbocycles. The number of nitrogens with one attached hydrogen (secondary N) is 2. The molecule has 2 N–H and O–H groups in total. The summed E-state index contributed by atoms with van der Waals surface area (Å²) in [5, 5.41) is 9.35. The fourth-order valence-corrected chi connectivity index (χ4v) is 5.25. The van der Waals surface area contributed by atoms with E-state index >= 15 is 0 Å². The summed E-state index contributed by atoms with van der Waals surface area (Å²) in [7, 11) is 4.11. The summed E-state index contributed by atoms with van der Waals surface area (Å²) < 4.78 is 0. The highest BCUT2D eigenvalue weighted by molar-refractivity contribution is 7.10. The van der Waals surface area contributed by atoms with Crippen molar-refractivity contribution in [1.82, 2.24) is 20.4 Å². The summed E-state index contributed by atoms with van der Waals surface area (Å²) in [4.78, 5) is 11.0. The molecule has 2 fully saturated rings. The summed E-state index contributed by atoms with van der Waals surface area (Å²) in [5.74, 6) is 2.66. The van der Waals surface area contributed by atoms with Crippen molar-refractivity contribution in [2.24, 2.45) is 16.8 Å². The number of guanidine groups is 1. The van der Waals surface area contributed by atoms with E-state index in [4.69, 9.17) is 0 Å². The molecular formula is C22H39N5S. The third-order valence-corrected chi connectivity index (χ3v) is 7.47. The minimum Gasteiger partial charge on any atom is -0.356 e. The first kappa shape index (κ1) is 21.6. The zero-order valence-electron chi connectivity index (χ0n) is 18.0. The Hall–Kier alpha value is -1.11. The van der Waals surface area contributed by atoms with E-state index in [1.807, 2.05) is 18.4 Å². The largest absolute Gasteiger partial charge is 0.356 e. The average molecular weight is 406 g/mol. The second-order valence-electron chi connectivity index (χ2n) is 8.66. The van der Waals surface area contributed by atoms with E-state index in [2.05, 4.69) is 56.9 Å². The zero-order chi connectivity index (χ0) is 19.8. The van der Waals surface area contributed by atoms with Gasteiger partial charge in [0.05, 0.1) is 6.04 Å². The topological polar surface area (TPSA) is 42.9 Å². The minimum absolute atomic E-state index is 0.444. The standard InChI is InChI=1S/C22H39N5S/c1-18-7-14-27(15-8-18)20(21-5-4-16-28-21)17-25-22(23-2)24-11-6-19-9-12-26(3)13-10-19/h4-5,16,18-20H,6-15,17H2,1-3H3,(H2,23,24,25). The van der Waals surface area contributed by atoms with Gasteiger partial charge in [0.25, 0.3) is 0 Å². The number of piperidine rings is 2. The van der Waals surface area contributed by atoms with Gasteiger partial charge in [-0.05, 0) is 88.6 Å². The van der Waals surface area contributed by atoms with E-state index in [1.165, 1.54) is 63.2 Å². The molecule has 6 heteroatoms. The van der Waals surface area contributed by atoms with Crippen LogP contribution < -0.4 is 10.6 Å². The first-order valence-electron chi connectivity index (χ1n) is 11.1. The summed E-state index contributed by atoms with van der Waals surface area (Å²) in [6.07, 6.45) is 6.53. The smallest absolute Gasteiger partial charge is 0.191 e. The number of nitrogens with zero attached hydrogens (tertiary/aromatic N) is 3. The molecule has 1 atom stereocenters. The number of hydrogen-bond donors (Lipinski definition) is 2. The molecule has 0 amide bonds. The molecule has 2 aliphatic rings. The van der Waals surface area contributed by atoms with Gasteiger partial charge >= 0.3 is 0 Å². The Morgan fingerprint density at radius 2 is 1.93 bits per heavy atom. The molecule has 3 rings (SSSR count). The minimum atomic E-state index is 0.444. The van der Waals surface area contributed by atoms with Crippen LogP contribution in [0.3, 0.4) is 0 Å². The van der Waals surface area contributed by atoms with Gasteiger partial charge in [-0.1, -0.05) is 13.0 Å². The number of likely N-dealkylation sites (tertiary alicyclic amines) is 2. The van der Waals surface area contributed by atoms with Crippen LogP contribution >= 0.6 is 11.3 Å². The number of hydrogen-bond acceptors (Lipinski definition) is 4. The average Bonchev–Trinajstić information content (AvgIpc) is 3.24. The predicted molar refractivity (Wildman–Crippen MR) is 121 cm³/mol. The highest BCUT2D eigenvalue weighted by atomic mass is 32.1.